The first-order valence-electron chi connectivity index (χ1n) is 25.6. The Morgan fingerprint density at radius 1 is 0.333 bits per heavy atom. The van der Waals surface area contributed by atoms with Gasteiger partial charge in [-0.15, -0.1) is 11.3 Å². The minimum absolute atomic E-state index is 0.0523. The molecule has 11 aromatic carbocycles. The minimum atomic E-state index is -1.46. The van der Waals surface area contributed by atoms with Gasteiger partial charge in [-0.05, 0) is 146 Å². The quantitative estimate of drug-likeness (QED) is 0.150. The van der Waals surface area contributed by atoms with E-state index in [2.05, 4.69) is 143 Å². The molecule has 1 atom stereocenters. The highest BCUT2D eigenvalue weighted by atomic mass is 32.1. The van der Waals surface area contributed by atoms with E-state index in [9.17, 15) is 6.85 Å². The molecule has 12 aromatic rings. The topological polar surface area (TPSA) is 6.48 Å². The Morgan fingerprint density at radius 3 is 1.55 bits per heavy atom. The van der Waals surface area contributed by atoms with Crippen molar-refractivity contribution in [2.45, 2.75) is 5.41 Å². The van der Waals surface area contributed by atoms with Crippen molar-refractivity contribution in [2.75, 3.05) is 9.80 Å². The van der Waals surface area contributed by atoms with Gasteiger partial charge in [-0.25, -0.2) is 0 Å². The van der Waals surface area contributed by atoms with Gasteiger partial charge < -0.3 is 9.80 Å². The Hall–Kier alpha value is -8.24. The first-order valence-corrected chi connectivity index (χ1v) is 22.9. The molecule has 66 heavy (non-hydrogen) atoms. The largest absolute Gasteiger partial charge is 0.310 e. The zero-order valence-electron chi connectivity index (χ0n) is 42.5. The number of hydrogen-bond donors (Lipinski definition) is 0. The highest BCUT2D eigenvalue weighted by Gasteiger charge is 2.47. The molecule has 2 nitrogen and oxygen atoms in total. The first-order chi connectivity index (χ1) is 35.6. The second kappa shape index (κ2) is 15.5. The predicted molar refractivity (Wildman–Crippen MR) is 281 cm³/mol. The van der Waals surface area contributed by atoms with Crippen molar-refractivity contribution in [2.24, 2.45) is 0 Å². The molecule has 0 N–H and O–H groups in total. The molecule has 1 aliphatic rings. The number of fused-ring (bicyclic) bond motifs is 8. The summed E-state index contributed by atoms with van der Waals surface area (Å²) in [5.41, 5.74) is 8.34. The standard InChI is InChI=1S/C63H42N2S/c1-4-21-47(22-5-1)64(48-23-6-2-7-24-48)51-34-36-59-55(41-51)56-42-52(65(49-25-8-3-9-26-49)50-33-31-43-17-10-11-19-45(43)39-50)35-37-60(56)63(59,58-29-16-20-44-18-12-13-27-53(44)58)46-32-38-62-57(40-46)54-28-14-15-30-61(54)66-62/h1-42H/i12D,13D,16D,18D,20D,27D,29D. The third-order valence-electron chi connectivity index (χ3n) is 13.2. The molecule has 0 spiro atoms. The normalized spacial score (nSPS) is 15.6. The van der Waals surface area contributed by atoms with Crippen molar-refractivity contribution in [3.8, 4) is 11.1 Å². The fourth-order valence-corrected chi connectivity index (χ4v) is 11.4. The van der Waals surface area contributed by atoms with E-state index in [0.717, 1.165) is 92.9 Å². The van der Waals surface area contributed by atoms with Gasteiger partial charge in [0.2, 0.25) is 0 Å². The number of hydrogen-bond acceptors (Lipinski definition) is 3. The van der Waals surface area contributed by atoms with Gasteiger partial charge in [0.15, 0.2) is 0 Å². The van der Waals surface area contributed by atoms with E-state index in [0.29, 0.717) is 0 Å². The Kier molecular flexibility index (Phi) is 7.41. The van der Waals surface area contributed by atoms with Crippen LogP contribution in [0.2, 0.25) is 0 Å². The van der Waals surface area contributed by atoms with Crippen LogP contribution in [0.5, 0.6) is 0 Å². The number of anilines is 6. The van der Waals surface area contributed by atoms with E-state index in [1.807, 2.05) is 78.9 Å². The number of benzene rings is 11. The lowest BCUT2D eigenvalue weighted by Gasteiger charge is -2.35. The fourth-order valence-electron chi connectivity index (χ4n) is 10.3. The molecule has 13 rings (SSSR count). The van der Waals surface area contributed by atoms with Crippen LogP contribution in [0.3, 0.4) is 0 Å². The van der Waals surface area contributed by atoms with E-state index in [1.54, 1.807) is 11.3 Å². The van der Waals surface area contributed by atoms with E-state index >= 15 is 0 Å². The molecule has 0 amide bonds. The average molecular weight is 866 g/mol. The fraction of sp³-hybridized carbons (Fsp3) is 0.0159. The molecule has 0 saturated heterocycles. The number of rotatable bonds is 8. The maximum absolute atomic E-state index is 10.2. The smallest absolute Gasteiger partial charge is 0.0719 e. The third kappa shape index (κ3) is 6.01. The summed E-state index contributed by atoms with van der Waals surface area (Å²) in [5, 5.41) is 4.26. The van der Waals surface area contributed by atoms with Crippen molar-refractivity contribution < 1.29 is 9.60 Å². The lowest BCUT2D eigenvalue weighted by molar-refractivity contribution is 0.778. The monoisotopic (exact) mass is 865 g/mol. The molecule has 0 saturated carbocycles. The summed E-state index contributed by atoms with van der Waals surface area (Å²) in [7, 11) is 0. The second-order valence-electron chi connectivity index (χ2n) is 16.7. The van der Waals surface area contributed by atoms with Crippen LogP contribution < -0.4 is 9.80 Å². The summed E-state index contributed by atoms with van der Waals surface area (Å²) >= 11 is 1.70. The molecule has 0 bridgehead atoms. The van der Waals surface area contributed by atoms with Crippen molar-refractivity contribution in [3.05, 3.63) is 277 Å². The van der Waals surface area contributed by atoms with Crippen LogP contribution >= 0.6 is 11.3 Å². The van der Waals surface area contributed by atoms with Crippen LogP contribution in [-0.4, -0.2) is 0 Å². The van der Waals surface area contributed by atoms with E-state index < -0.39 is 35.6 Å². The molecule has 1 heterocycles. The van der Waals surface area contributed by atoms with E-state index in [-0.39, 0.29) is 28.4 Å². The summed E-state index contributed by atoms with van der Waals surface area (Å²) < 4.78 is 68.1. The van der Waals surface area contributed by atoms with Gasteiger partial charge in [0.05, 0.1) is 15.0 Å². The third-order valence-corrected chi connectivity index (χ3v) is 14.3. The van der Waals surface area contributed by atoms with E-state index in [4.69, 9.17) is 2.74 Å². The summed E-state index contributed by atoms with van der Waals surface area (Å²) in [6.45, 7) is 0. The molecule has 3 heteroatoms. The Labute approximate surface area is 398 Å². The van der Waals surface area contributed by atoms with Gasteiger partial charge >= 0.3 is 0 Å². The molecular weight excluding hydrogens is 817 g/mol. The lowest BCUT2D eigenvalue weighted by Crippen LogP contribution is -2.29. The van der Waals surface area contributed by atoms with Gasteiger partial charge in [-0.2, -0.15) is 0 Å². The van der Waals surface area contributed by atoms with Crippen LogP contribution in [0.15, 0.2) is 255 Å². The summed E-state index contributed by atoms with van der Waals surface area (Å²) in [6.07, 6.45) is 0. The summed E-state index contributed by atoms with van der Waals surface area (Å²) in [6, 6.07) is 70.2. The molecule has 0 aliphatic heterocycles. The van der Waals surface area contributed by atoms with Crippen LogP contribution in [-0.2, 0) is 5.41 Å². The molecule has 1 aliphatic carbocycles. The van der Waals surface area contributed by atoms with Crippen LogP contribution in [0.25, 0.3) is 52.8 Å². The molecule has 0 radical (unpaired) electrons. The van der Waals surface area contributed by atoms with Crippen molar-refractivity contribution in [3.63, 3.8) is 0 Å². The number of nitrogens with zero attached hydrogens (tertiary/aromatic N) is 2. The highest BCUT2D eigenvalue weighted by Crippen LogP contribution is 2.60. The molecule has 310 valence electrons. The van der Waals surface area contributed by atoms with Gasteiger partial charge in [0.1, 0.15) is 0 Å². The maximum atomic E-state index is 10.2. The van der Waals surface area contributed by atoms with Gasteiger partial charge in [0, 0.05) is 54.3 Å². The van der Waals surface area contributed by atoms with Crippen LogP contribution in [0, 0.1) is 0 Å². The molecule has 1 unspecified atom stereocenters. The van der Waals surface area contributed by atoms with E-state index in [1.165, 1.54) is 0 Å². The molecular formula is C63H42N2S. The minimum Gasteiger partial charge on any atom is -0.310 e. The zero-order valence-corrected chi connectivity index (χ0v) is 36.3. The summed E-state index contributed by atoms with van der Waals surface area (Å²) in [4.78, 5) is 4.47. The maximum Gasteiger partial charge on any atom is 0.0719 e. The average Bonchev–Trinajstić information content (AvgIpc) is 3.95. The van der Waals surface area contributed by atoms with Crippen molar-refractivity contribution >= 4 is 87.2 Å². The SMILES string of the molecule is [2H]c1c([2H])c([2H])c2c(C3(c4ccc5sc6ccccc6c5c4)c4ccc(N(c5ccccc5)c5ccccc5)cc4-c4cc(N(c5ccccc5)c5ccc6ccccc6c5)ccc43)c([2H])c([2H])c([2H])c2c1[2H]. The Morgan fingerprint density at radius 2 is 0.864 bits per heavy atom. The van der Waals surface area contributed by atoms with Gasteiger partial charge in [-0.1, -0.05) is 164 Å². The van der Waals surface area contributed by atoms with Crippen LogP contribution in [0.4, 0.5) is 34.1 Å². The second-order valence-corrected chi connectivity index (χ2v) is 17.8. The predicted octanol–water partition coefficient (Wildman–Crippen LogP) is 17.7. The van der Waals surface area contributed by atoms with Crippen molar-refractivity contribution in [1.82, 2.24) is 0 Å². The van der Waals surface area contributed by atoms with Crippen LogP contribution in [0.1, 0.15) is 31.8 Å². The first kappa shape index (κ1) is 31.6. The molecule has 1 aromatic heterocycles. The Bertz CT molecular complexity index is 4150. The highest BCUT2D eigenvalue weighted by molar-refractivity contribution is 7.25. The van der Waals surface area contributed by atoms with Gasteiger partial charge in [0.25, 0.3) is 0 Å². The number of thiophene rings is 1. The summed E-state index contributed by atoms with van der Waals surface area (Å²) in [5.74, 6) is 0. The Balaban J connectivity index is 1.20. The molecule has 0 fully saturated rings. The van der Waals surface area contributed by atoms with Crippen molar-refractivity contribution in [1.29, 1.82) is 0 Å². The number of para-hydroxylation sites is 3. The van der Waals surface area contributed by atoms with Gasteiger partial charge in [-0.3, -0.25) is 0 Å². The lowest BCUT2D eigenvalue weighted by atomic mass is 9.66. The zero-order chi connectivity index (χ0) is 49.7.